The molecule has 0 radical (unpaired) electrons. The van der Waals surface area contributed by atoms with Crippen LogP contribution in [0.1, 0.15) is 40.0 Å². The third-order valence-corrected chi connectivity index (χ3v) is 5.33. The number of carboxylic acid groups (broad SMARTS) is 1. The number of carbonyl (C=O) groups excluding carboxylic acids is 1. The van der Waals surface area contributed by atoms with E-state index in [1.807, 2.05) is 6.26 Å². The van der Waals surface area contributed by atoms with E-state index in [-0.39, 0.29) is 15.9 Å². The van der Waals surface area contributed by atoms with E-state index in [1.54, 1.807) is 11.8 Å². The third kappa shape index (κ3) is 3.38. The number of thioether (sulfide) groups is 1. The number of non-ortho nitro benzene ring substituents is 1. The Morgan fingerprint density at radius 3 is 2.45 bits per heavy atom. The van der Waals surface area contributed by atoms with E-state index in [1.165, 1.54) is 0 Å². The van der Waals surface area contributed by atoms with Crippen LogP contribution in [0, 0.1) is 10.1 Å². The Kier molecular flexibility index (Phi) is 4.70. The maximum Gasteiger partial charge on any atom is 0.335 e. The van der Waals surface area contributed by atoms with E-state index in [0.717, 1.165) is 37.5 Å². The van der Waals surface area contributed by atoms with Crippen molar-refractivity contribution in [2.24, 2.45) is 0 Å². The second-order valence-electron chi connectivity index (χ2n) is 5.25. The molecule has 1 aromatic rings. The molecule has 8 heteroatoms. The van der Waals surface area contributed by atoms with Gasteiger partial charge in [-0.2, -0.15) is 11.8 Å². The summed E-state index contributed by atoms with van der Waals surface area (Å²) in [5, 5.41) is 22.6. The average molecular weight is 324 g/mol. The summed E-state index contributed by atoms with van der Waals surface area (Å²) in [4.78, 5) is 33.3. The number of benzene rings is 1. The van der Waals surface area contributed by atoms with Crippen molar-refractivity contribution >= 4 is 29.3 Å². The molecule has 118 valence electrons. The van der Waals surface area contributed by atoms with Gasteiger partial charge in [0.2, 0.25) is 0 Å². The first kappa shape index (κ1) is 16.3. The number of hydrogen-bond donors (Lipinski definition) is 2. The Morgan fingerprint density at radius 1 is 1.36 bits per heavy atom. The molecule has 0 saturated heterocycles. The normalized spacial score (nSPS) is 15.7. The summed E-state index contributed by atoms with van der Waals surface area (Å²) in [7, 11) is 0. The fourth-order valence-electron chi connectivity index (χ4n) is 2.34. The van der Waals surface area contributed by atoms with Gasteiger partial charge < -0.3 is 10.4 Å². The summed E-state index contributed by atoms with van der Waals surface area (Å²) < 4.78 is 0.0337. The SMILES string of the molecule is CSC1(CNC(=O)c2cc(C(=O)O)cc([N+](=O)[O-])c2)CCC1. The molecule has 1 aromatic carbocycles. The molecule has 1 aliphatic rings. The van der Waals surface area contributed by atoms with E-state index in [9.17, 15) is 19.7 Å². The average Bonchev–Trinajstić information content (AvgIpc) is 2.45. The number of nitrogens with one attached hydrogen (secondary N) is 1. The van der Waals surface area contributed by atoms with E-state index in [4.69, 9.17) is 5.11 Å². The van der Waals surface area contributed by atoms with Gasteiger partial charge in [0, 0.05) is 29.0 Å². The summed E-state index contributed by atoms with van der Waals surface area (Å²) in [5.74, 6) is -1.80. The monoisotopic (exact) mass is 324 g/mol. The highest BCUT2D eigenvalue weighted by Crippen LogP contribution is 2.42. The molecular weight excluding hydrogens is 308 g/mol. The van der Waals surface area contributed by atoms with Crippen LogP contribution in [0.5, 0.6) is 0 Å². The maximum atomic E-state index is 12.2. The number of hydrogen-bond acceptors (Lipinski definition) is 5. The number of carboxylic acids is 1. The Hall–Kier alpha value is -2.09. The van der Waals surface area contributed by atoms with Gasteiger partial charge in [0.05, 0.1) is 10.5 Å². The Balaban J connectivity index is 2.17. The Bertz CT molecular complexity index is 590. The largest absolute Gasteiger partial charge is 0.478 e. The molecule has 0 spiro atoms. The highest BCUT2D eigenvalue weighted by Gasteiger charge is 2.36. The molecule has 1 amide bonds. The van der Waals surface area contributed by atoms with Crippen molar-refractivity contribution in [2.75, 3.05) is 12.8 Å². The van der Waals surface area contributed by atoms with E-state index in [0.29, 0.717) is 6.54 Å². The first-order valence-corrected chi connectivity index (χ1v) is 7.95. The second-order valence-corrected chi connectivity index (χ2v) is 6.53. The van der Waals surface area contributed by atoms with E-state index >= 15 is 0 Å². The van der Waals surface area contributed by atoms with Gasteiger partial charge in [0.15, 0.2) is 0 Å². The van der Waals surface area contributed by atoms with Crippen molar-refractivity contribution in [1.82, 2.24) is 5.32 Å². The predicted molar refractivity (Wildman–Crippen MR) is 82.5 cm³/mol. The van der Waals surface area contributed by atoms with Crippen molar-refractivity contribution in [2.45, 2.75) is 24.0 Å². The topological polar surface area (TPSA) is 110 Å². The molecule has 0 aliphatic heterocycles. The number of carbonyl (C=O) groups is 2. The summed E-state index contributed by atoms with van der Waals surface area (Å²) in [6.45, 7) is 0.470. The lowest BCUT2D eigenvalue weighted by Gasteiger charge is -2.40. The zero-order chi connectivity index (χ0) is 16.3. The number of nitro benzene ring substituents is 1. The van der Waals surface area contributed by atoms with Crippen LogP contribution in [-0.2, 0) is 0 Å². The molecule has 1 aliphatic carbocycles. The van der Waals surface area contributed by atoms with Crippen LogP contribution in [0.3, 0.4) is 0 Å². The lowest BCUT2D eigenvalue weighted by molar-refractivity contribution is -0.384. The minimum absolute atomic E-state index is 0.0119. The lowest BCUT2D eigenvalue weighted by atomic mass is 9.84. The quantitative estimate of drug-likeness (QED) is 0.614. The Labute approximate surface area is 131 Å². The zero-order valence-electron chi connectivity index (χ0n) is 12.0. The van der Waals surface area contributed by atoms with Gasteiger partial charge in [-0.15, -0.1) is 0 Å². The van der Waals surface area contributed by atoms with Crippen LogP contribution in [-0.4, -0.2) is 39.5 Å². The first-order chi connectivity index (χ1) is 10.4. The molecule has 1 saturated carbocycles. The fraction of sp³-hybridized carbons (Fsp3) is 0.429. The van der Waals surface area contributed by atoms with Crippen LogP contribution < -0.4 is 5.32 Å². The summed E-state index contributed by atoms with van der Waals surface area (Å²) in [6, 6.07) is 3.18. The van der Waals surface area contributed by atoms with Gasteiger partial charge in [-0.05, 0) is 25.2 Å². The molecule has 0 aromatic heterocycles. The van der Waals surface area contributed by atoms with Crippen molar-refractivity contribution < 1.29 is 19.6 Å². The van der Waals surface area contributed by atoms with E-state index < -0.39 is 22.5 Å². The smallest absolute Gasteiger partial charge is 0.335 e. The number of amides is 1. The number of aromatic carboxylic acids is 1. The first-order valence-electron chi connectivity index (χ1n) is 6.73. The predicted octanol–water partition coefficient (Wildman–Crippen LogP) is 2.31. The second kappa shape index (κ2) is 6.35. The molecule has 22 heavy (non-hydrogen) atoms. The van der Waals surface area contributed by atoms with Crippen LogP contribution >= 0.6 is 11.8 Å². The van der Waals surface area contributed by atoms with Crippen LogP contribution in [0.15, 0.2) is 18.2 Å². The van der Waals surface area contributed by atoms with Crippen molar-refractivity contribution in [3.05, 3.63) is 39.4 Å². The molecule has 0 atom stereocenters. The van der Waals surface area contributed by atoms with Crippen molar-refractivity contribution in [3.8, 4) is 0 Å². The molecule has 7 nitrogen and oxygen atoms in total. The molecule has 0 heterocycles. The lowest BCUT2D eigenvalue weighted by Crippen LogP contribution is -2.45. The van der Waals surface area contributed by atoms with Crippen LogP contribution in [0.25, 0.3) is 0 Å². The van der Waals surface area contributed by atoms with Gasteiger partial charge in [-0.25, -0.2) is 4.79 Å². The van der Waals surface area contributed by atoms with Gasteiger partial charge in [0.25, 0.3) is 11.6 Å². The third-order valence-electron chi connectivity index (χ3n) is 3.91. The maximum absolute atomic E-state index is 12.2. The summed E-state index contributed by atoms with van der Waals surface area (Å²) in [6.07, 6.45) is 5.14. The number of nitro groups is 1. The molecule has 0 unspecified atom stereocenters. The van der Waals surface area contributed by atoms with Crippen molar-refractivity contribution in [1.29, 1.82) is 0 Å². The highest BCUT2D eigenvalue weighted by molar-refractivity contribution is 8.00. The summed E-state index contributed by atoms with van der Waals surface area (Å²) >= 11 is 1.70. The standard InChI is InChI=1S/C14H16N2O5S/c1-22-14(3-2-4-14)8-15-12(17)9-5-10(13(18)19)7-11(6-9)16(20)21/h5-7H,2-4,8H2,1H3,(H,15,17)(H,18,19). The van der Waals surface area contributed by atoms with E-state index in [2.05, 4.69) is 5.32 Å². The highest BCUT2D eigenvalue weighted by atomic mass is 32.2. The molecule has 2 rings (SSSR count). The molecule has 2 N–H and O–H groups in total. The van der Waals surface area contributed by atoms with Gasteiger partial charge in [-0.3, -0.25) is 14.9 Å². The van der Waals surface area contributed by atoms with Crippen molar-refractivity contribution in [3.63, 3.8) is 0 Å². The number of nitrogens with zero attached hydrogens (tertiary/aromatic N) is 1. The zero-order valence-corrected chi connectivity index (χ0v) is 12.8. The van der Waals surface area contributed by atoms with Crippen LogP contribution in [0.2, 0.25) is 0 Å². The Morgan fingerprint density at radius 2 is 2.00 bits per heavy atom. The number of rotatable bonds is 6. The fourth-order valence-corrected chi connectivity index (χ4v) is 3.25. The molecular formula is C14H16N2O5S. The van der Waals surface area contributed by atoms with Crippen LogP contribution in [0.4, 0.5) is 5.69 Å². The minimum atomic E-state index is -1.31. The van der Waals surface area contributed by atoms with Gasteiger partial charge in [0.1, 0.15) is 0 Å². The summed E-state index contributed by atoms with van der Waals surface area (Å²) in [5.41, 5.74) is -0.696. The van der Waals surface area contributed by atoms with Gasteiger partial charge in [-0.1, -0.05) is 6.42 Å². The minimum Gasteiger partial charge on any atom is -0.478 e. The molecule has 0 bridgehead atoms. The molecule has 1 fully saturated rings. The van der Waals surface area contributed by atoms with Gasteiger partial charge >= 0.3 is 5.97 Å².